The van der Waals surface area contributed by atoms with Gasteiger partial charge < -0.3 is 0 Å². The van der Waals surface area contributed by atoms with Crippen molar-refractivity contribution >= 4 is 0 Å². The molecular formula is C8H12. The van der Waals surface area contributed by atoms with Gasteiger partial charge in [-0.3, -0.25) is 0 Å². The molecule has 3 aliphatic rings. The predicted octanol–water partition coefficient (Wildman–Crippen LogP) is 2.20. The van der Waals surface area contributed by atoms with Crippen LogP contribution in [0.3, 0.4) is 0 Å². The summed E-state index contributed by atoms with van der Waals surface area (Å²) in [5.41, 5.74) is 1.00. The predicted molar refractivity (Wildman–Crippen MR) is 32.5 cm³/mol. The summed E-state index contributed by atoms with van der Waals surface area (Å²) in [4.78, 5) is 0. The molecule has 0 nitrogen and oxygen atoms in total. The first-order chi connectivity index (χ1) is 3.93. The number of hydrogen-bond donors (Lipinski definition) is 0. The standard InChI is InChI=1S/C8H12/c1-2-6-7-3-5-8(6,7)4-1/h6-7H,1-5H2/t6-,7+,8?/m1/s1. The van der Waals surface area contributed by atoms with Crippen LogP contribution in [0.25, 0.3) is 0 Å². The van der Waals surface area contributed by atoms with Crippen molar-refractivity contribution in [2.45, 2.75) is 32.1 Å². The lowest BCUT2D eigenvalue weighted by atomic mass is 9.82. The van der Waals surface area contributed by atoms with Gasteiger partial charge in [0.2, 0.25) is 0 Å². The lowest BCUT2D eigenvalue weighted by Gasteiger charge is -2.23. The van der Waals surface area contributed by atoms with E-state index in [0.29, 0.717) is 0 Å². The van der Waals surface area contributed by atoms with Gasteiger partial charge in [-0.25, -0.2) is 0 Å². The van der Waals surface area contributed by atoms with E-state index in [1.54, 1.807) is 32.1 Å². The molecule has 3 fully saturated rings. The highest BCUT2D eigenvalue weighted by molar-refractivity contribution is 5.20. The molecule has 44 valence electrons. The normalized spacial score (nSPS) is 66.0. The molecule has 0 aromatic heterocycles. The van der Waals surface area contributed by atoms with E-state index in [1.807, 2.05) is 0 Å². The first-order valence-corrected chi connectivity index (χ1v) is 3.93. The highest BCUT2D eigenvalue weighted by atomic mass is 14.8. The largest absolute Gasteiger partial charge is 0.0525 e. The van der Waals surface area contributed by atoms with Crippen LogP contribution in [-0.4, -0.2) is 0 Å². The second kappa shape index (κ2) is 0.872. The van der Waals surface area contributed by atoms with Crippen molar-refractivity contribution in [3.05, 3.63) is 0 Å². The Bertz CT molecular complexity index is 139. The third-order valence-electron chi connectivity index (χ3n) is 3.93. The average Bonchev–Trinajstić information content (AvgIpc) is 2.20. The lowest BCUT2D eigenvalue weighted by Crippen LogP contribution is -2.12. The summed E-state index contributed by atoms with van der Waals surface area (Å²) in [5.74, 6) is 2.48. The molecule has 0 heterocycles. The van der Waals surface area contributed by atoms with Crippen molar-refractivity contribution in [2.24, 2.45) is 17.3 Å². The molecule has 0 radical (unpaired) electrons. The second-order valence-electron chi connectivity index (χ2n) is 3.88. The molecule has 3 atom stereocenters. The van der Waals surface area contributed by atoms with Crippen molar-refractivity contribution in [1.82, 2.24) is 0 Å². The SMILES string of the molecule is C1C[C@@H]2[C@@H]3CCC23C1. The van der Waals surface area contributed by atoms with Crippen LogP contribution in [0.2, 0.25) is 0 Å². The van der Waals surface area contributed by atoms with Gasteiger partial charge in [-0.1, -0.05) is 6.42 Å². The van der Waals surface area contributed by atoms with Gasteiger partial charge >= 0.3 is 0 Å². The summed E-state index contributed by atoms with van der Waals surface area (Å²) in [7, 11) is 0. The van der Waals surface area contributed by atoms with E-state index in [2.05, 4.69) is 0 Å². The van der Waals surface area contributed by atoms with Crippen molar-refractivity contribution < 1.29 is 0 Å². The van der Waals surface area contributed by atoms with E-state index in [1.165, 1.54) is 11.8 Å². The Morgan fingerprint density at radius 1 is 1.00 bits per heavy atom. The van der Waals surface area contributed by atoms with Crippen LogP contribution < -0.4 is 0 Å². The average molecular weight is 108 g/mol. The summed E-state index contributed by atoms with van der Waals surface area (Å²) >= 11 is 0. The smallest absolute Gasteiger partial charge is 0.0235 e. The molecule has 0 heteroatoms. The molecule has 3 aliphatic carbocycles. The number of fused-ring (bicyclic) bond motifs is 1. The zero-order chi connectivity index (χ0) is 5.19. The zero-order valence-electron chi connectivity index (χ0n) is 5.19. The second-order valence-corrected chi connectivity index (χ2v) is 3.88. The first-order valence-electron chi connectivity index (χ1n) is 3.93. The molecule has 1 spiro atoms. The van der Waals surface area contributed by atoms with Crippen LogP contribution in [0.15, 0.2) is 0 Å². The van der Waals surface area contributed by atoms with Gasteiger partial charge in [0.25, 0.3) is 0 Å². The minimum absolute atomic E-state index is 1.00. The highest BCUT2D eigenvalue weighted by Gasteiger charge is 2.71. The molecule has 3 saturated carbocycles. The lowest BCUT2D eigenvalue weighted by molar-refractivity contribution is 0.279. The maximum absolute atomic E-state index is 1.60. The Hall–Kier alpha value is 0. The van der Waals surface area contributed by atoms with Gasteiger partial charge in [0.1, 0.15) is 0 Å². The third kappa shape index (κ3) is 0.206. The molecule has 0 amide bonds. The number of rotatable bonds is 0. The van der Waals surface area contributed by atoms with Crippen LogP contribution in [0.1, 0.15) is 32.1 Å². The minimum Gasteiger partial charge on any atom is -0.0525 e. The monoisotopic (exact) mass is 108 g/mol. The quantitative estimate of drug-likeness (QED) is 0.446. The highest BCUT2D eigenvalue weighted by Crippen LogP contribution is 2.79. The molecule has 0 bridgehead atoms. The Morgan fingerprint density at radius 3 is 2.25 bits per heavy atom. The molecule has 0 aromatic rings. The van der Waals surface area contributed by atoms with Crippen molar-refractivity contribution in [2.75, 3.05) is 0 Å². The van der Waals surface area contributed by atoms with Gasteiger partial charge in [-0.15, -0.1) is 0 Å². The van der Waals surface area contributed by atoms with E-state index in [0.717, 1.165) is 5.41 Å². The third-order valence-corrected chi connectivity index (χ3v) is 3.93. The molecular weight excluding hydrogens is 96.1 g/mol. The van der Waals surface area contributed by atoms with Crippen LogP contribution in [0, 0.1) is 17.3 Å². The Labute approximate surface area is 50.3 Å². The molecule has 0 saturated heterocycles. The minimum atomic E-state index is 1.00. The Morgan fingerprint density at radius 2 is 1.88 bits per heavy atom. The van der Waals surface area contributed by atoms with E-state index in [9.17, 15) is 0 Å². The topological polar surface area (TPSA) is 0 Å². The van der Waals surface area contributed by atoms with Gasteiger partial charge in [0.05, 0.1) is 0 Å². The molecule has 8 heavy (non-hydrogen) atoms. The Kier molecular flexibility index (Phi) is 0.427. The van der Waals surface area contributed by atoms with Crippen molar-refractivity contribution in [3.8, 4) is 0 Å². The molecule has 3 rings (SSSR count). The van der Waals surface area contributed by atoms with Gasteiger partial charge in [-0.05, 0) is 42.9 Å². The van der Waals surface area contributed by atoms with Crippen LogP contribution in [0.5, 0.6) is 0 Å². The van der Waals surface area contributed by atoms with Crippen molar-refractivity contribution in [1.29, 1.82) is 0 Å². The van der Waals surface area contributed by atoms with Gasteiger partial charge in [0, 0.05) is 0 Å². The zero-order valence-corrected chi connectivity index (χ0v) is 5.19. The molecule has 0 N–H and O–H groups in total. The fourth-order valence-corrected chi connectivity index (χ4v) is 3.37. The van der Waals surface area contributed by atoms with Gasteiger partial charge in [-0.2, -0.15) is 0 Å². The Balaban J connectivity index is 2.00. The maximum atomic E-state index is 1.60. The van der Waals surface area contributed by atoms with Crippen molar-refractivity contribution in [3.63, 3.8) is 0 Å². The summed E-state index contributed by atoms with van der Waals surface area (Å²) in [6, 6.07) is 0. The summed E-state index contributed by atoms with van der Waals surface area (Å²) in [6.45, 7) is 0. The molecule has 0 aliphatic heterocycles. The number of hydrogen-bond acceptors (Lipinski definition) is 0. The summed E-state index contributed by atoms with van der Waals surface area (Å²) < 4.78 is 0. The van der Waals surface area contributed by atoms with Crippen LogP contribution in [-0.2, 0) is 0 Å². The van der Waals surface area contributed by atoms with E-state index < -0.39 is 0 Å². The van der Waals surface area contributed by atoms with Crippen LogP contribution >= 0.6 is 0 Å². The van der Waals surface area contributed by atoms with Crippen LogP contribution in [0.4, 0.5) is 0 Å². The summed E-state index contributed by atoms with van der Waals surface area (Å²) in [6.07, 6.45) is 7.93. The van der Waals surface area contributed by atoms with E-state index >= 15 is 0 Å². The summed E-state index contributed by atoms with van der Waals surface area (Å²) in [5, 5.41) is 0. The van der Waals surface area contributed by atoms with E-state index in [4.69, 9.17) is 0 Å². The fraction of sp³-hybridized carbons (Fsp3) is 1.00. The van der Waals surface area contributed by atoms with Gasteiger partial charge in [0.15, 0.2) is 0 Å². The van der Waals surface area contributed by atoms with E-state index in [-0.39, 0.29) is 0 Å². The first kappa shape index (κ1) is 3.92. The maximum Gasteiger partial charge on any atom is -0.0235 e. The molecule has 1 unspecified atom stereocenters. The molecule has 0 aromatic carbocycles. The fourth-order valence-electron chi connectivity index (χ4n) is 3.37.